The number of carboxylic acids is 2. The normalized spacial score (nSPS) is 11.8. The van der Waals surface area contributed by atoms with Crippen LogP contribution in [0.1, 0.15) is 36.8 Å². The zero-order chi connectivity index (χ0) is 25.3. The minimum Gasteiger partial charge on any atom is -0.481 e. The highest BCUT2D eigenvalue weighted by Crippen LogP contribution is 2.04. The van der Waals surface area contributed by atoms with Crippen LogP contribution in [-0.4, -0.2) is 46.2 Å². The summed E-state index contributed by atoms with van der Waals surface area (Å²) in [6, 6.07) is 16.7. The number of carbonyl (C=O) groups excluding carboxylic acids is 2. The van der Waals surface area contributed by atoms with Crippen molar-refractivity contribution in [1.29, 1.82) is 0 Å². The van der Waals surface area contributed by atoms with Crippen LogP contribution in [0.4, 0.5) is 0 Å². The summed E-state index contributed by atoms with van der Waals surface area (Å²) in [6.07, 6.45) is -0.102. The van der Waals surface area contributed by atoms with Crippen molar-refractivity contribution in [3.63, 3.8) is 0 Å². The number of carbonyl (C=O) groups is 4. The average Bonchev–Trinajstić information content (AvgIpc) is 2.84. The van der Waals surface area contributed by atoms with Crippen LogP contribution in [0.3, 0.4) is 0 Å². The van der Waals surface area contributed by atoms with Gasteiger partial charge in [0.1, 0.15) is 25.3 Å². The highest BCUT2D eigenvalue weighted by atomic mass is 16.5. The zero-order valence-electron chi connectivity index (χ0n) is 18.7. The molecule has 2 aromatic carbocycles. The Morgan fingerprint density at radius 2 is 0.971 bits per heavy atom. The van der Waals surface area contributed by atoms with Gasteiger partial charge in [-0.15, -0.1) is 0 Å². The summed E-state index contributed by atoms with van der Waals surface area (Å²) >= 11 is 0. The van der Waals surface area contributed by atoms with Gasteiger partial charge in [0.2, 0.25) is 0 Å². The van der Waals surface area contributed by atoms with Crippen molar-refractivity contribution < 1.29 is 38.9 Å². The minimum absolute atomic E-state index is 0.0863. The maximum atomic E-state index is 11.4. The lowest BCUT2D eigenvalue weighted by Crippen LogP contribution is -2.32. The van der Waals surface area contributed by atoms with Gasteiger partial charge < -0.3 is 31.2 Å². The van der Waals surface area contributed by atoms with E-state index in [0.717, 1.165) is 11.1 Å². The van der Waals surface area contributed by atoms with Gasteiger partial charge in [0.25, 0.3) is 0 Å². The number of ether oxygens (including phenoxy) is 2. The lowest BCUT2D eigenvalue weighted by molar-refractivity contribution is -0.148. The number of aliphatic carboxylic acids is 2. The number of hydrogen-bond donors (Lipinski definition) is 4. The van der Waals surface area contributed by atoms with Gasteiger partial charge in [0.15, 0.2) is 0 Å². The fourth-order valence-electron chi connectivity index (χ4n) is 2.47. The molecule has 6 N–H and O–H groups in total. The molecular weight excluding hydrogens is 444 g/mol. The van der Waals surface area contributed by atoms with Gasteiger partial charge in [-0.05, 0) is 24.0 Å². The first-order valence-electron chi connectivity index (χ1n) is 10.5. The molecule has 2 unspecified atom stereocenters. The Hall–Kier alpha value is -3.76. The lowest BCUT2D eigenvalue weighted by Gasteiger charge is -2.10. The second-order valence-electron chi connectivity index (χ2n) is 7.26. The van der Waals surface area contributed by atoms with Gasteiger partial charge >= 0.3 is 23.9 Å². The van der Waals surface area contributed by atoms with Crippen molar-refractivity contribution >= 4 is 23.9 Å². The predicted molar refractivity (Wildman–Crippen MR) is 122 cm³/mol. The third-order valence-corrected chi connectivity index (χ3v) is 4.39. The monoisotopic (exact) mass is 474 g/mol. The van der Waals surface area contributed by atoms with Gasteiger partial charge in [-0.25, -0.2) is 0 Å². The first-order valence-corrected chi connectivity index (χ1v) is 10.5. The van der Waals surface area contributed by atoms with E-state index in [1.807, 2.05) is 60.7 Å². The number of carboxylic acid groups (broad SMARTS) is 2. The molecule has 0 amide bonds. The summed E-state index contributed by atoms with van der Waals surface area (Å²) in [5, 5.41) is 16.9. The molecule has 2 atom stereocenters. The molecule has 0 spiro atoms. The van der Waals surface area contributed by atoms with Crippen molar-refractivity contribution in [2.24, 2.45) is 11.5 Å². The average molecular weight is 475 g/mol. The first kappa shape index (κ1) is 28.3. The molecule has 0 aliphatic carbocycles. The number of esters is 2. The number of benzene rings is 2. The van der Waals surface area contributed by atoms with Gasteiger partial charge in [0, 0.05) is 12.8 Å². The summed E-state index contributed by atoms with van der Waals surface area (Å²) < 4.78 is 9.93. The molecule has 2 aromatic rings. The van der Waals surface area contributed by atoms with Crippen LogP contribution in [0, 0.1) is 0 Å². The minimum atomic E-state index is -0.976. The highest BCUT2D eigenvalue weighted by Gasteiger charge is 2.17. The topological polar surface area (TPSA) is 179 Å². The molecule has 0 heterocycles. The van der Waals surface area contributed by atoms with Gasteiger partial charge in [-0.3, -0.25) is 19.2 Å². The van der Waals surface area contributed by atoms with Crippen LogP contribution in [-0.2, 0) is 41.9 Å². The standard InChI is InChI=1S/2C12H15NO4/c2*13-10(6-7-11(14)15)12(16)17-8-9-4-2-1-3-5-9/h2*1-5,10H,6-8,13H2,(H,14,15). The SMILES string of the molecule is NC(CCC(=O)O)C(=O)OCc1ccccc1.NC(CCC(=O)O)C(=O)OCc1ccccc1. The fraction of sp³-hybridized carbons (Fsp3) is 0.333. The fourth-order valence-corrected chi connectivity index (χ4v) is 2.47. The molecule has 0 aromatic heterocycles. The second-order valence-corrected chi connectivity index (χ2v) is 7.26. The van der Waals surface area contributed by atoms with Crippen LogP contribution < -0.4 is 11.5 Å². The summed E-state index contributed by atoms with van der Waals surface area (Å²) in [5.41, 5.74) is 12.7. The number of nitrogens with two attached hydrogens (primary N) is 2. The first-order chi connectivity index (χ1) is 16.2. The van der Waals surface area contributed by atoms with Crippen molar-refractivity contribution in [2.45, 2.75) is 51.0 Å². The molecule has 0 bridgehead atoms. The highest BCUT2D eigenvalue weighted by molar-refractivity contribution is 5.77. The quantitative estimate of drug-likeness (QED) is 0.332. The molecule has 0 aliphatic heterocycles. The lowest BCUT2D eigenvalue weighted by atomic mass is 10.2. The Labute approximate surface area is 197 Å². The van der Waals surface area contributed by atoms with E-state index in [4.69, 9.17) is 31.2 Å². The van der Waals surface area contributed by atoms with Crippen LogP contribution in [0.2, 0.25) is 0 Å². The van der Waals surface area contributed by atoms with E-state index < -0.39 is 36.0 Å². The molecular formula is C24H30N2O8. The van der Waals surface area contributed by atoms with E-state index in [-0.39, 0.29) is 38.9 Å². The van der Waals surface area contributed by atoms with Gasteiger partial charge in [-0.1, -0.05) is 60.7 Å². The molecule has 10 heteroatoms. The molecule has 184 valence electrons. The van der Waals surface area contributed by atoms with Crippen molar-refractivity contribution in [3.8, 4) is 0 Å². The molecule has 0 saturated heterocycles. The molecule has 0 saturated carbocycles. The second kappa shape index (κ2) is 15.9. The summed E-state index contributed by atoms with van der Waals surface area (Å²) in [4.78, 5) is 43.4. The molecule has 34 heavy (non-hydrogen) atoms. The van der Waals surface area contributed by atoms with Crippen LogP contribution in [0.15, 0.2) is 60.7 Å². The Morgan fingerprint density at radius 3 is 1.26 bits per heavy atom. The maximum absolute atomic E-state index is 11.4. The third kappa shape index (κ3) is 12.9. The van der Waals surface area contributed by atoms with E-state index in [1.165, 1.54) is 0 Å². The van der Waals surface area contributed by atoms with Gasteiger partial charge in [-0.2, -0.15) is 0 Å². The van der Waals surface area contributed by atoms with E-state index in [9.17, 15) is 19.2 Å². The zero-order valence-corrected chi connectivity index (χ0v) is 18.7. The van der Waals surface area contributed by atoms with Crippen LogP contribution in [0.25, 0.3) is 0 Å². The molecule has 2 rings (SSSR count). The molecule has 0 aliphatic rings. The van der Waals surface area contributed by atoms with E-state index >= 15 is 0 Å². The third-order valence-electron chi connectivity index (χ3n) is 4.39. The summed E-state index contributed by atoms with van der Waals surface area (Å²) in [6.45, 7) is 0.306. The summed E-state index contributed by atoms with van der Waals surface area (Å²) in [7, 11) is 0. The van der Waals surface area contributed by atoms with Gasteiger partial charge in [0.05, 0.1) is 0 Å². The molecule has 0 radical (unpaired) electrons. The molecule has 10 nitrogen and oxygen atoms in total. The molecule has 0 fully saturated rings. The Bertz CT molecular complexity index is 830. The van der Waals surface area contributed by atoms with Crippen LogP contribution in [0.5, 0.6) is 0 Å². The Kier molecular flexibility index (Phi) is 13.3. The van der Waals surface area contributed by atoms with Crippen molar-refractivity contribution in [1.82, 2.24) is 0 Å². The van der Waals surface area contributed by atoms with E-state index in [0.29, 0.717) is 0 Å². The van der Waals surface area contributed by atoms with Crippen molar-refractivity contribution in [2.75, 3.05) is 0 Å². The van der Waals surface area contributed by atoms with E-state index in [1.54, 1.807) is 0 Å². The predicted octanol–water partition coefficient (Wildman–Crippen LogP) is 1.84. The summed E-state index contributed by atoms with van der Waals surface area (Å²) in [5.74, 6) is -3.10. The van der Waals surface area contributed by atoms with E-state index in [2.05, 4.69) is 0 Å². The number of hydrogen-bond acceptors (Lipinski definition) is 8. The van der Waals surface area contributed by atoms with Crippen LogP contribution >= 0.6 is 0 Å². The maximum Gasteiger partial charge on any atom is 0.323 e. The van der Waals surface area contributed by atoms with Crippen molar-refractivity contribution in [3.05, 3.63) is 71.8 Å². The Morgan fingerprint density at radius 1 is 0.647 bits per heavy atom. The number of rotatable bonds is 12. The Balaban J connectivity index is 0.000000340. The largest absolute Gasteiger partial charge is 0.481 e. The smallest absolute Gasteiger partial charge is 0.323 e.